The zero-order valence-corrected chi connectivity index (χ0v) is 14.8. The molecule has 0 radical (unpaired) electrons. The first-order valence-electron chi connectivity index (χ1n) is 8.47. The van der Waals surface area contributed by atoms with Gasteiger partial charge in [0.25, 0.3) is 0 Å². The third kappa shape index (κ3) is 5.55. The molecule has 1 unspecified atom stereocenters. The van der Waals surface area contributed by atoms with E-state index in [4.69, 9.17) is 0 Å². The van der Waals surface area contributed by atoms with Gasteiger partial charge in [0.15, 0.2) is 0 Å². The number of benzene rings is 2. The van der Waals surface area contributed by atoms with Gasteiger partial charge >= 0.3 is 0 Å². The fourth-order valence-corrected chi connectivity index (χ4v) is 2.56. The van der Waals surface area contributed by atoms with E-state index >= 15 is 0 Å². The van der Waals surface area contributed by atoms with E-state index in [1.807, 2.05) is 30.3 Å². The van der Waals surface area contributed by atoms with Crippen molar-refractivity contribution in [2.24, 2.45) is 0 Å². The molecule has 4 nitrogen and oxygen atoms in total. The highest BCUT2D eigenvalue weighted by molar-refractivity contribution is 5.88. The normalized spacial score (nSPS) is 11.5. The van der Waals surface area contributed by atoms with E-state index in [0.717, 1.165) is 11.1 Å². The number of rotatable bonds is 8. The van der Waals surface area contributed by atoms with Crippen LogP contribution in [-0.4, -0.2) is 29.3 Å². The summed E-state index contributed by atoms with van der Waals surface area (Å²) in [7, 11) is 0. The Labute approximate surface area is 153 Å². The first kappa shape index (κ1) is 19.4. The first-order chi connectivity index (χ1) is 12.5. The van der Waals surface area contributed by atoms with Crippen molar-refractivity contribution in [1.82, 2.24) is 10.2 Å². The minimum Gasteiger partial charge on any atom is -0.351 e. The highest BCUT2D eigenvalue weighted by Gasteiger charge is 2.25. The van der Waals surface area contributed by atoms with Gasteiger partial charge < -0.3 is 10.2 Å². The lowest BCUT2D eigenvalue weighted by Gasteiger charge is -2.29. The van der Waals surface area contributed by atoms with Crippen LogP contribution in [0.1, 0.15) is 18.1 Å². The molecule has 2 aromatic carbocycles. The number of carbonyl (C=O) groups excluding carboxylic acids is 2. The van der Waals surface area contributed by atoms with Crippen molar-refractivity contribution < 1.29 is 14.0 Å². The summed E-state index contributed by atoms with van der Waals surface area (Å²) in [4.78, 5) is 26.7. The largest absolute Gasteiger partial charge is 0.351 e. The molecule has 0 aliphatic heterocycles. The standard InChI is InChI=1S/C21H23FN2O2/c1-3-13-23-21(26)16(2)24(15-18-9-11-19(22)12-10-18)20(25)14-17-7-5-4-6-8-17/h3-12,16H,1,13-15H2,2H3,(H,23,26). The lowest BCUT2D eigenvalue weighted by Crippen LogP contribution is -2.48. The second-order valence-electron chi connectivity index (χ2n) is 6.02. The van der Waals surface area contributed by atoms with Crippen LogP contribution in [0.4, 0.5) is 4.39 Å². The quantitative estimate of drug-likeness (QED) is 0.741. The smallest absolute Gasteiger partial charge is 0.242 e. The number of hydrogen-bond acceptors (Lipinski definition) is 2. The van der Waals surface area contributed by atoms with Crippen LogP contribution in [0.2, 0.25) is 0 Å². The number of nitrogens with zero attached hydrogens (tertiary/aromatic N) is 1. The zero-order chi connectivity index (χ0) is 18.9. The third-order valence-corrected chi connectivity index (χ3v) is 4.05. The Bertz CT molecular complexity index is 744. The summed E-state index contributed by atoms with van der Waals surface area (Å²) in [5.41, 5.74) is 1.64. The molecule has 0 saturated carbocycles. The van der Waals surface area contributed by atoms with Crippen LogP contribution >= 0.6 is 0 Å². The van der Waals surface area contributed by atoms with Gasteiger partial charge in [0.05, 0.1) is 6.42 Å². The molecule has 5 heteroatoms. The maximum Gasteiger partial charge on any atom is 0.242 e. The number of halogens is 1. The highest BCUT2D eigenvalue weighted by atomic mass is 19.1. The summed E-state index contributed by atoms with van der Waals surface area (Å²) >= 11 is 0. The van der Waals surface area contributed by atoms with Crippen LogP contribution in [0.5, 0.6) is 0 Å². The monoisotopic (exact) mass is 354 g/mol. The Morgan fingerprint density at radius 2 is 1.77 bits per heavy atom. The summed E-state index contributed by atoms with van der Waals surface area (Å²) < 4.78 is 13.1. The van der Waals surface area contributed by atoms with Crippen molar-refractivity contribution in [3.8, 4) is 0 Å². The number of hydrogen-bond donors (Lipinski definition) is 1. The molecule has 0 bridgehead atoms. The van der Waals surface area contributed by atoms with Crippen LogP contribution in [0.15, 0.2) is 67.3 Å². The summed E-state index contributed by atoms with van der Waals surface area (Å²) in [6.07, 6.45) is 1.78. The Kier molecular flexibility index (Phi) is 7.09. The van der Waals surface area contributed by atoms with Crippen molar-refractivity contribution in [1.29, 1.82) is 0 Å². The number of nitrogens with one attached hydrogen (secondary N) is 1. The first-order valence-corrected chi connectivity index (χ1v) is 8.47. The Balaban J connectivity index is 2.18. The van der Waals surface area contributed by atoms with Gasteiger partial charge in [-0.15, -0.1) is 6.58 Å². The Hall–Kier alpha value is -2.95. The zero-order valence-electron chi connectivity index (χ0n) is 14.8. The predicted octanol–water partition coefficient (Wildman–Crippen LogP) is 3.09. The second kappa shape index (κ2) is 9.51. The molecule has 2 amide bonds. The van der Waals surface area contributed by atoms with Crippen LogP contribution in [0.3, 0.4) is 0 Å². The van der Waals surface area contributed by atoms with Crippen molar-refractivity contribution in [3.05, 3.63) is 84.2 Å². The van der Waals surface area contributed by atoms with Gasteiger partial charge in [0.1, 0.15) is 11.9 Å². The lowest BCUT2D eigenvalue weighted by atomic mass is 10.1. The molecule has 2 aromatic rings. The molecule has 0 fully saturated rings. The topological polar surface area (TPSA) is 49.4 Å². The molecule has 1 atom stereocenters. The van der Waals surface area contributed by atoms with Crippen molar-refractivity contribution in [2.45, 2.75) is 25.9 Å². The van der Waals surface area contributed by atoms with E-state index in [1.54, 1.807) is 25.1 Å². The highest BCUT2D eigenvalue weighted by Crippen LogP contribution is 2.13. The molecule has 26 heavy (non-hydrogen) atoms. The molecule has 136 valence electrons. The molecule has 1 N–H and O–H groups in total. The second-order valence-corrected chi connectivity index (χ2v) is 6.02. The van der Waals surface area contributed by atoms with Gasteiger partial charge in [-0.1, -0.05) is 48.5 Å². The van der Waals surface area contributed by atoms with E-state index in [0.29, 0.717) is 6.54 Å². The summed E-state index contributed by atoms with van der Waals surface area (Å²) in [6, 6.07) is 14.6. The van der Waals surface area contributed by atoms with Gasteiger partial charge in [0, 0.05) is 13.1 Å². The molecular formula is C21H23FN2O2. The van der Waals surface area contributed by atoms with E-state index in [2.05, 4.69) is 11.9 Å². The molecule has 2 rings (SSSR count). The van der Waals surface area contributed by atoms with E-state index < -0.39 is 6.04 Å². The molecular weight excluding hydrogens is 331 g/mol. The fourth-order valence-electron chi connectivity index (χ4n) is 2.56. The molecule has 0 aromatic heterocycles. The Morgan fingerprint density at radius 3 is 2.38 bits per heavy atom. The average molecular weight is 354 g/mol. The van der Waals surface area contributed by atoms with Crippen molar-refractivity contribution in [3.63, 3.8) is 0 Å². The summed E-state index contributed by atoms with van der Waals surface area (Å²) in [5, 5.41) is 2.72. The summed E-state index contributed by atoms with van der Waals surface area (Å²) in [5.74, 6) is -0.761. The van der Waals surface area contributed by atoms with E-state index in [9.17, 15) is 14.0 Å². The molecule has 0 saturated heterocycles. The molecule has 0 aliphatic carbocycles. The van der Waals surface area contributed by atoms with Crippen molar-refractivity contribution >= 4 is 11.8 Å². The molecule has 0 spiro atoms. The Morgan fingerprint density at radius 1 is 1.12 bits per heavy atom. The van der Waals surface area contributed by atoms with Gasteiger partial charge in [-0.2, -0.15) is 0 Å². The van der Waals surface area contributed by atoms with Gasteiger partial charge in [-0.3, -0.25) is 9.59 Å². The molecule has 0 aliphatic rings. The number of carbonyl (C=O) groups is 2. The minimum atomic E-state index is -0.656. The van der Waals surface area contributed by atoms with Crippen LogP contribution in [-0.2, 0) is 22.6 Å². The maximum atomic E-state index is 13.1. The van der Waals surface area contributed by atoms with Gasteiger partial charge in [-0.25, -0.2) is 4.39 Å². The van der Waals surface area contributed by atoms with Crippen LogP contribution in [0.25, 0.3) is 0 Å². The SMILES string of the molecule is C=CCNC(=O)C(C)N(Cc1ccc(F)cc1)C(=O)Cc1ccccc1. The lowest BCUT2D eigenvalue weighted by molar-refractivity contribution is -0.140. The number of amides is 2. The van der Waals surface area contributed by atoms with Crippen LogP contribution < -0.4 is 5.32 Å². The van der Waals surface area contributed by atoms with Gasteiger partial charge in [-0.05, 0) is 30.2 Å². The van der Waals surface area contributed by atoms with Crippen molar-refractivity contribution in [2.75, 3.05) is 6.54 Å². The maximum absolute atomic E-state index is 13.1. The minimum absolute atomic E-state index is 0.165. The average Bonchev–Trinajstić information content (AvgIpc) is 2.65. The van der Waals surface area contributed by atoms with Gasteiger partial charge in [0.2, 0.25) is 11.8 Å². The summed E-state index contributed by atoms with van der Waals surface area (Å²) in [6.45, 7) is 5.82. The van der Waals surface area contributed by atoms with E-state index in [1.165, 1.54) is 17.0 Å². The molecule has 0 heterocycles. The predicted molar refractivity (Wildman–Crippen MR) is 99.8 cm³/mol. The van der Waals surface area contributed by atoms with Crippen LogP contribution in [0, 0.1) is 5.82 Å². The fraction of sp³-hybridized carbons (Fsp3) is 0.238. The third-order valence-electron chi connectivity index (χ3n) is 4.05. The van der Waals surface area contributed by atoms with E-state index in [-0.39, 0.29) is 30.6 Å².